The van der Waals surface area contributed by atoms with Gasteiger partial charge in [0.25, 0.3) is 5.91 Å². The number of nitro groups is 1. The summed E-state index contributed by atoms with van der Waals surface area (Å²) in [6.07, 6.45) is 1.69. The molecule has 1 amide bonds. The van der Waals surface area contributed by atoms with Crippen LogP contribution in [0.5, 0.6) is 0 Å². The topological polar surface area (TPSA) is 165 Å². The largest absolute Gasteiger partial charge is 0.358 e. The molecule has 0 unspecified atom stereocenters. The molecule has 1 aromatic heterocycles. The van der Waals surface area contributed by atoms with Crippen LogP contribution in [0.15, 0.2) is 35.5 Å². The highest BCUT2D eigenvalue weighted by atomic mass is 32.2. The van der Waals surface area contributed by atoms with Crippen molar-refractivity contribution in [3.05, 3.63) is 52.0 Å². The predicted octanol–water partition coefficient (Wildman–Crippen LogP) is -0.797. The number of nitrogens with two attached hydrogens (primary N) is 1. The predicted molar refractivity (Wildman–Crippen MR) is 112 cm³/mol. The molecular weight excluding hydrogens is 426 g/mol. The molecule has 12 nitrogen and oxygen atoms in total. The number of amides is 1. The first-order valence-electron chi connectivity index (χ1n) is 9.74. The van der Waals surface area contributed by atoms with E-state index in [0.29, 0.717) is 24.2 Å². The molecule has 1 saturated heterocycles. The molecule has 1 fully saturated rings. The normalized spacial score (nSPS) is 15.0. The third-order valence-corrected chi connectivity index (χ3v) is 5.83. The van der Waals surface area contributed by atoms with Crippen molar-refractivity contribution >= 4 is 21.7 Å². The van der Waals surface area contributed by atoms with Gasteiger partial charge in [-0.15, -0.1) is 0 Å². The molecule has 1 aliphatic rings. The van der Waals surface area contributed by atoms with Crippen LogP contribution in [0, 0.1) is 10.1 Å². The Hall–Kier alpha value is -2.87. The SMILES string of the molecule is NS(=O)(=O)c1cccc(CCNC(=O)Cn2cnc(CN3CCNCC3)c2[N+](=O)[O-])c1. The minimum absolute atomic E-state index is 0.00221. The summed E-state index contributed by atoms with van der Waals surface area (Å²) in [6.45, 7) is 3.54. The molecule has 2 heterocycles. The van der Waals surface area contributed by atoms with E-state index in [1.54, 1.807) is 12.1 Å². The van der Waals surface area contributed by atoms with Crippen LogP contribution in [0.2, 0.25) is 0 Å². The summed E-state index contributed by atoms with van der Waals surface area (Å²) in [5, 5.41) is 22.6. The van der Waals surface area contributed by atoms with Gasteiger partial charge in [-0.2, -0.15) is 0 Å². The van der Waals surface area contributed by atoms with Gasteiger partial charge >= 0.3 is 5.82 Å². The number of carbonyl (C=O) groups excluding carboxylic acids is 1. The average molecular weight is 452 g/mol. The lowest BCUT2D eigenvalue weighted by Crippen LogP contribution is -2.43. The first kappa shape index (κ1) is 22.8. The fraction of sp³-hybridized carbons (Fsp3) is 0.444. The number of sulfonamides is 1. The van der Waals surface area contributed by atoms with Gasteiger partial charge in [0.1, 0.15) is 0 Å². The Morgan fingerprint density at radius 1 is 1.32 bits per heavy atom. The lowest BCUT2D eigenvalue weighted by molar-refractivity contribution is -0.392. The van der Waals surface area contributed by atoms with Crippen LogP contribution < -0.4 is 15.8 Å². The van der Waals surface area contributed by atoms with Gasteiger partial charge in [-0.1, -0.05) is 12.1 Å². The maximum absolute atomic E-state index is 12.3. The van der Waals surface area contributed by atoms with Gasteiger partial charge in [-0.3, -0.25) is 9.69 Å². The second-order valence-electron chi connectivity index (χ2n) is 7.22. The minimum Gasteiger partial charge on any atom is -0.358 e. The number of nitrogens with one attached hydrogen (secondary N) is 2. The van der Waals surface area contributed by atoms with Crippen LogP contribution >= 0.6 is 0 Å². The van der Waals surface area contributed by atoms with Crippen LogP contribution in [-0.2, 0) is 34.3 Å². The van der Waals surface area contributed by atoms with E-state index in [9.17, 15) is 23.3 Å². The molecule has 0 aliphatic carbocycles. The standard InChI is InChI=1S/C18H25N7O5S/c19-31(29,30)15-3-1-2-14(10-15)4-5-21-17(26)12-24-13-22-16(18(24)25(27)28)11-23-8-6-20-7-9-23/h1-3,10,13,20H,4-9,11-12H2,(H,21,26)(H2,19,29,30). The highest BCUT2D eigenvalue weighted by Gasteiger charge is 2.25. The quantitative estimate of drug-likeness (QED) is 0.329. The van der Waals surface area contributed by atoms with Gasteiger partial charge < -0.3 is 20.7 Å². The van der Waals surface area contributed by atoms with Crippen molar-refractivity contribution in [3.63, 3.8) is 0 Å². The lowest BCUT2D eigenvalue weighted by Gasteiger charge is -2.26. The Balaban J connectivity index is 1.57. The molecule has 4 N–H and O–H groups in total. The van der Waals surface area contributed by atoms with Crippen molar-refractivity contribution in [2.75, 3.05) is 32.7 Å². The first-order valence-corrected chi connectivity index (χ1v) is 11.3. The van der Waals surface area contributed by atoms with Gasteiger partial charge in [-0.05, 0) is 29.0 Å². The van der Waals surface area contributed by atoms with Gasteiger partial charge in [0.15, 0.2) is 18.6 Å². The van der Waals surface area contributed by atoms with Crippen molar-refractivity contribution in [2.24, 2.45) is 5.14 Å². The van der Waals surface area contributed by atoms with E-state index in [0.717, 1.165) is 26.2 Å². The number of carbonyl (C=O) groups is 1. The van der Waals surface area contributed by atoms with E-state index in [-0.39, 0.29) is 23.8 Å². The third-order valence-electron chi connectivity index (χ3n) is 4.92. The Bertz CT molecular complexity index is 1050. The second-order valence-corrected chi connectivity index (χ2v) is 8.78. The van der Waals surface area contributed by atoms with Crippen LogP contribution in [0.4, 0.5) is 5.82 Å². The molecule has 0 bridgehead atoms. The average Bonchev–Trinajstić information content (AvgIpc) is 3.10. The third kappa shape index (κ3) is 6.30. The number of imidazole rings is 1. The minimum atomic E-state index is -3.80. The van der Waals surface area contributed by atoms with E-state index in [4.69, 9.17) is 5.14 Å². The van der Waals surface area contributed by atoms with E-state index in [2.05, 4.69) is 20.5 Å². The molecule has 1 aliphatic heterocycles. The summed E-state index contributed by atoms with van der Waals surface area (Å²) >= 11 is 0. The van der Waals surface area contributed by atoms with E-state index >= 15 is 0 Å². The number of benzene rings is 1. The second kappa shape index (κ2) is 9.96. The summed E-state index contributed by atoms with van der Waals surface area (Å²) in [5.41, 5.74) is 1.03. The number of hydrogen-bond acceptors (Lipinski definition) is 8. The Morgan fingerprint density at radius 2 is 2.06 bits per heavy atom. The Labute approximate surface area is 179 Å². The van der Waals surface area contributed by atoms with Gasteiger partial charge in [0, 0.05) is 39.3 Å². The van der Waals surface area contributed by atoms with Crippen molar-refractivity contribution in [2.45, 2.75) is 24.4 Å². The number of hydrogen-bond donors (Lipinski definition) is 3. The smallest absolute Gasteiger partial charge is 0.347 e. The monoisotopic (exact) mass is 451 g/mol. The van der Waals surface area contributed by atoms with Gasteiger partial charge in [0.2, 0.25) is 10.0 Å². The number of aromatic nitrogens is 2. The number of primary sulfonamides is 1. The van der Waals surface area contributed by atoms with Crippen molar-refractivity contribution in [3.8, 4) is 0 Å². The molecule has 2 aromatic rings. The molecule has 1 aromatic carbocycles. The highest BCUT2D eigenvalue weighted by molar-refractivity contribution is 7.89. The summed E-state index contributed by atoms with van der Waals surface area (Å²) < 4.78 is 24.1. The molecule has 3 rings (SSSR count). The molecule has 31 heavy (non-hydrogen) atoms. The van der Waals surface area contributed by atoms with E-state index < -0.39 is 20.9 Å². The van der Waals surface area contributed by atoms with Crippen LogP contribution in [-0.4, -0.2) is 66.4 Å². The fourth-order valence-electron chi connectivity index (χ4n) is 3.37. The zero-order valence-corrected chi connectivity index (χ0v) is 17.7. The summed E-state index contributed by atoms with van der Waals surface area (Å²) in [7, 11) is -3.80. The summed E-state index contributed by atoms with van der Waals surface area (Å²) in [6, 6.07) is 6.15. The van der Waals surface area contributed by atoms with Crippen molar-refractivity contribution < 1.29 is 18.1 Å². The van der Waals surface area contributed by atoms with E-state index in [1.807, 2.05) is 0 Å². The van der Waals surface area contributed by atoms with Crippen LogP contribution in [0.1, 0.15) is 11.3 Å². The first-order chi connectivity index (χ1) is 14.7. The molecule has 0 radical (unpaired) electrons. The molecule has 13 heteroatoms. The van der Waals surface area contributed by atoms with Gasteiger partial charge in [-0.25, -0.2) is 23.1 Å². The molecule has 0 spiro atoms. The number of rotatable bonds is 9. The number of piperazine rings is 1. The Kier molecular flexibility index (Phi) is 7.33. The van der Waals surface area contributed by atoms with Crippen LogP contribution in [0.3, 0.4) is 0 Å². The molecular formula is C18H25N7O5S. The molecule has 0 atom stereocenters. The summed E-state index contributed by atoms with van der Waals surface area (Å²) in [5.74, 6) is -0.591. The van der Waals surface area contributed by atoms with Crippen molar-refractivity contribution in [1.29, 1.82) is 0 Å². The zero-order valence-electron chi connectivity index (χ0n) is 16.9. The maximum Gasteiger partial charge on any atom is 0.347 e. The Morgan fingerprint density at radius 3 is 2.74 bits per heavy atom. The zero-order chi connectivity index (χ0) is 22.4. The molecule has 168 valence electrons. The van der Waals surface area contributed by atoms with Crippen molar-refractivity contribution in [1.82, 2.24) is 25.1 Å². The molecule has 0 saturated carbocycles. The number of nitrogens with zero attached hydrogens (tertiary/aromatic N) is 4. The fourth-order valence-corrected chi connectivity index (χ4v) is 3.95. The van der Waals surface area contributed by atoms with Crippen LogP contribution in [0.25, 0.3) is 0 Å². The highest BCUT2D eigenvalue weighted by Crippen LogP contribution is 2.19. The lowest BCUT2D eigenvalue weighted by atomic mass is 10.1. The maximum atomic E-state index is 12.3. The van der Waals surface area contributed by atoms with E-state index in [1.165, 1.54) is 23.0 Å². The van der Waals surface area contributed by atoms with Gasteiger partial charge in [0.05, 0.1) is 4.90 Å². The summed E-state index contributed by atoms with van der Waals surface area (Å²) in [4.78, 5) is 29.6.